The van der Waals surface area contributed by atoms with E-state index in [4.69, 9.17) is 16.9 Å². The molecular formula is C11H10BrClN2O. The number of amides is 1. The van der Waals surface area contributed by atoms with Gasteiger partial charge in [0.1, 0.15) is 6.04 Å². The van der Waals surface area contributed by atoms with E-state index in [1.165, 1.54) is 4.90 Å². The molecule has 16 heavy (non-hydrogen) atoms. The average molecular weight is 302 g/mol. The van der Waals surface area contributed by atoms with Crippen molar-refractivity contribution in [2.75, 3.05) is 7.05 Å². The number of benzene rings is 1. The number of halogens is 2. The minimum Gasteiger partial charge on any atom is -0.326 e. The van der Waals surface area contributed by atoms with Crippen molar-refractivity contribution in [1.82, 2.24) is 4.90 Å². The number of hydrogen-bond acceptors (Lipinski definition) is 2. The maximum Gasteiger partial charge on any atom is 0.254 e. The number of carbonyl (C=O) groups is 1. The second-order valence-corrected chi connectivity index (χ2v) is 4.61. The highest BCUT2D eigenvalue weighted by Crippen LogP contribution is 2.23. The number of carbonyl (C=O) groups excluding carboxylic acids is 1. The molecule has 0 heterocycles. The molecule has 0 saturated heterocycles. The summed E-state index contributed by atoms with van der Waals surface area (Å²) in [5, 5.41) is 9.27. The quantitative estimate of drug-likeness (QED) is 0.842. The monoisotopic (exact) mass is 300 g/mol. The first-order valence-electron chi connectivity index (χ1n) is 4.59. The van der Waals surface area contributed by atoms with Crippen LogP contribution in [0.2, 0.25) is 5.02 Å². The summed E-state index contributed by atoms with van der Waals surface area (Å²) < 4.78 is 0.665. The molecule has 0 aliphatic rings. The Bertz CT molecular complexity index is 456. The van der Waals surface area contributed by atoms with Crippen LogP contribution in [0.4, 0.5) is 0 Å². The van der Waals surface area contributed by atoms with Gasteiger partial charge in [-0.2, -0.15) is 5.26 Å². The van der Waals surface area contributed by atoms with Gasteiger partial charge >= 0.3 is 0 Å². The van der Waals surface area contributed by atoms with Gasteiger partial charge in [0.15, 0.2) is 0 Å². The van der Waals surface area contributed by atoms with Crippen molar-refractivity contribution in [3.63, 3.8) is 0 Å². The van der Waals surface area contributed by atoms with Crippen molar-refractivity contribution < 1.29 is 4.79 Å². The van der Waals surface area contributed by atoms with Crippen LogP contribution in [0.5, 0.6) is 0 Å². The summed E-state index contributed by atoms with van der Waals surface area (Å²) in [5.41, 5.74) is 0.501. The van der Waals surface area contributed by atoms with Crippen LogP contribution < -0.4 is 0 Å². The molecular weight excluding hydrogens is 291 g/mol. The Balaban J connectivity index is 2.98. The SMILES string of the molecule is CC(C#N)N(C)C(=O)c1ccc(Cl)c(Br)c1. The largest absolute Gasteiger partial charge is 0.326 e. The summed E-state index contributed by atoms with van der Waals surface area (Å²) in [6, 6.07) is 6.47. The van der Waals surface area contributed by atoms with Gasteiger partial charge < -0.3 is 4.90 Å². The molecule has 1 amide bonds. The van der Waals surface area contributed by atoms with E-state index in [1.807, 2.05) is 6.07 Å². The summed E-state index contributed by atoms with van der Waals surface area (Å²) in [7, 11) is 1.60. The molecule has 1 aromatic carbocycles. The van der Waals surface area contributed by atoms with Crippen LogP contribution in [0.3, 0.4) is 0 Å². The van der Waals surface area contributed by atoms with Gasteiger partial charge in [0.05, 0.1) is 11.1 Å². The van der Waals surface area contributed by atoms with Crippen molar-refractivity contribution in [3.05, 3.63) is 33.3 Å². The third-order valence-electron chi connectivity index (χ3n) is 2.25. The standard InChI is InChI=1S/C11H10BrClN2O/c1-7(6-14)15(2)11(16)8-3-4-10(13)9(12)5-8/h3-5,7H,1-2H3. The second kappa shape index (κ2) is 5.33. The maximum absolute atomic E-state index is 11.9. The average Bonchev–Trinajstić information content (AvgIpc) is 2.29. The Labute approximate surface area is 108 Å². The molecule has 0 saturated carbocycles. The summed E-state index contributed by atoms with van der Waals surface area (Å²) in [4.78, 5) is 13.3. The highest BCUT2D eigenvalue weighted by atomic mass is 79.9. The molecule has 84 valence electrons. The molecule has 0 aromatic heterocycles. The molecule has 1 atom stereocenters. The molecule has 1 rings (SSSR count). The van der Waals surface area contributed by atoms with Crippen molar-refractivity contribution in [2.24, 2.45) is 0 Å². The molecule has 1 unspecified atom stereocenters. The lowest BCUT2D eigenvalue weighted by Gasteiger charge is -2.19. The summed E-state index contributed by atoms with van der Waals surface area (Å²) in [6.07, 6.45) is 0. The van der Waals surface area contributed by atoms with E-state index in [2.05, 4.69) is 15.9 Å². The van der Waals surface area contributed by atoms with Crippen LogP contribution in [-0.2, 0) is 0 Å². The Morgan fingerprint density at radius 1 is 1.62 bits per heavy atom. The van der Waals surface area contributed by atoms with E-state index in [1.54, 1.807) is 32.2 Å². The van der Waals surface area contributed by atoms with Gasteiger partial charge in [-0.3, -0.25) is 4.79 Å². The van der Waals surface area contributed by atoms with Crippen LogP contribution in [0, 0.1) is 11.3 Å². The smallest absolute Gasteiger partial charge is 0.254 e. The molecule has 0 bridgehead atoms. The zero-order chi connectivity index (χ0) is 12.3. The van der Waals surface area contributed by atoms with Gasteiger partial charge in [0.25, 0.3) is 5.91 Å². The van der Waals surface area contributed by atoms with Gasteiger partial charge in [-0.25, -0.2) is 0 Å². The minimum atomic E-state index is -0.457. The molecule has 0 aliphatic carbocycles. The Kier molecular flexibility index (Phi) is 4.34. The maximum atomic E-state index is 11.9. The molecule has 1 aromatic rings. The molecule has 0 fully saturated rings. The fourth-order valence-corrected chi connectivity index (χ4v) is 1.59. The predicted octanol–water partition coefficient (Wildman–Crippen LogP) is 3.09. The summed E-state index contributed by atoms with van der Waals surface area (Å²) in [5.74, 6) is -0.202. The van der Waals surface area contributed by atoms with Crippen LogP contribution in [0.1, 0.15) is 17.3 Å². The van der Waals surface area contributed by atoms with E-state index in [-0.39, 0.29) is 5.91 Å². The van der Waals surface area contributed by atoms with Gasteiger partial charge in [-0.15, -0.1) is 0 Å². The molecule has 3 nitrogen and oxygen atoms in total. The summed E-state index contributed by atoms with van der Waals surface area (Å²) >= 11 is 9.08. The van der Waals surface area contributed by atoms with Crippen LogP contribution in [-0.4, -0.2) is 23.9 Å². The number of hydrogen-bond donors (Lipinski definition) is 0. The van der Waals surface area contributed by atoms with Crippen molar-refractivity contribution >= 4 is 33.4 Å². The van der Waals surface area contributed by atoms with Gasteiger partial charge in [0, 0.05) is 17.1 Å². The van der Waals surface area contributed by atoms with Crippen LogP contribution in [0.25, 0.3) is 0 Å². The highest BCUT2D eigenvalue weighted by Gasteiger charge is 2.17. The topological polar surface area (TPSA) is 44.1 Å². The number of rotatable bonds is 2. The minimum absolute atomic E-state index is 0.202. The first kappa shape index (κ1) is 13.0. The Hall–Kier alpha value is -1.05. The molecule has 0 N–H and O–H groups in total. The third-order valence-corrected chi connectivity index (χ3v) is 3.47. The van der Waals surface area contributed by atoms with E-state index in [9.17, 15) is 4.79 Å². The van der Waals surface area contributed by atoms with E-state index < -0.39 is 6.04 Å². The summed E-state index contributed by atoms with van der Waals surface area (Å²) in [6.45, 7) is 1.67. The first-order chi connectivity index (χ1) is 7.47. The van der Waals surface area contributed by atoms with Crippen molar-refractivity contribution in [1.29, 1.82) is 5.26 Å². The second-order valence-electron chi connectivity index (χ2n) is 3.35. The normalized spacial score (nSPS) is 11.7. The van der Waals surface area contributed by atoms with Gasteiger partial charge in [-0.05, 0) is 41.1 Å². The third kappa shape index (κ3) is 2.75. The zero-order valence-electron chi connectivity index (χ0n) is 8.87. The number of nitrogens with zero attached hydrogens (tertiary/aromatic N) is 2. The van der Waals surface area contributed by atoms with Crippen LogP contribution in [0.15, 0.2) is 22.7 Å². The molecule has 0 spiro atoms. The van der Waals surface area contributed by atoms with Gasteiger partial charge in [-0.1, -0.05) is 11.6 Å². The van der Waals surface area contributed by atoms with Crippen LogP contribution >= 0.6 is 27.5 Å². The van der Waals surface area contributed by atoms with Crippen molar-refractivity contribution in [2.45, 2.75) is 13.0 Å². The molecule has 5 heteroatoms. The van der Waals surface area contributed by atoms with E-state index in [0.717, 1.165) is 0 Å². The Morgan fingerprint density at radius 2 is 2.25 bits per heavy atom. The highest BCUT2D eigenvalue weighted by molar-refractivity contribution is 9.10. The van der Waals surface area contributed by atoms with Gasteiger partial charge in [0.2, 0.25) is 0 Å². The number of nitriles is 1. The fraction of sp³-hybridized carbons (Fsp3) is 0.273. The zero-order valence-corrected chi connectivity index (χ0v) is 11.2. The molecule has 0 radical (unpaired) electrons. The lowest BCUT2D eigenvalue weighted by molar-refractivity contribution is 0.0773. The van der Waals surface area contributed by atoms with E-state index >= 15 is 0 Å². The predicted molar refractivity (Wildman–Crippen MR) is 66.3 cm³/mol. The Morgan fingerprint density at radius 3 is 2.75 bits per heavy atom. The first-order valence-corrected chi connectivity index (χ1v) is 5.76. The van der Waals surface area contributed by atoms with E-state index in [0.29, 0.717) is 15.1 Å². The fourth-order valence-electron chi connectivity index (χ4n) is 1.10. The lowest BCUT2D eigenvalue weighted by Crippen LogP contribution is -2.34. The molecule has 0 aliphatic heterocycles. The lowest BCUT2D eigenvalue weighted by atomic mass is 10.2. The van der Waals surface area contributed by atoms with Crippen molar-refractivity contribution in [3.8, 4) is 6.07 Å².